The van der Waals surface area contributed by atoms with E-state index in [2.05, 4.69) is 27.0 Å². The second-order valence-electron chi connectivity index (χ2n) is 5.70. The SMILES string of the molecule is Fc1cc(Cl)ncc1C#Cc1ccc(NCCN2CCOCC2)cc1. The van der Waals surface area contributed by atoms with Crippen molar-refractivity contribution in [1.29, 1.82) is 0 Å². The van der Waals surface area contributed by atoms with E-state index in [4.69, 9.17) is 16.3 Å². The number of ether oxygens (including phenoxy) is 1. The van der Waals surface area contributed by atoms with E-state index < -0.39 is 5.82 Å². The first-order chi connectivity index (χ1) is 12.2. The molecule has 1 aromatic heterocycles. The van der Waals surface area contributed by atoms with Crippen molar-refractivity contribution in [3.63, 3.8) is 0 Å². The third-order valence-electron chi connectivity index (χ3n) is 3.91. The molecule has 1 saturated heterocycles. The molecule has 2 aromatic rings. The molecule has 1 aliphatic rings. The van der Waals surface area contributed by atoms with Gasteiger partial charge in [-0.15, -0.1) is 0 Å². The summed E-state index contributed by atoms with van der Waals surface area (Å²) in [6, 6.07) is 8.92. The number of rotatable bonds is 4. The van der Waals surface area contributed by atoms with Gasteiger partial charge in [-0.25, -0.2) is 9.37 Å². The molecule has 0 spiro atoms. The molecule has 0 atom stereocenters. The van der Waals surface area contributed by atoms with Gasteiger partial charge >= 0.3 is 0 Å². The van der Waals surface area contributed by atoms with Crippen LogP contribution in [-0.2, 0) is 4.74 Å². The number of benzene rings is 1. The number of anilines is 1. The van der Waals surface area contributed by atoms with Crippen molar-refractivity contribution < 1.29 is 9.13 Å². The van der Waals surface area contributed by atoms with Gasteiger partial charge in [-0.05, 0) is 24.3 Å². The number of hydrogen-bond acceptors (Lipinski definition) is 4. The summed E-state index contributed by atoms with van der Waals surface area (Å²) < 4.78 is 19.0. The Balaban J connectivity index is 1.52. The van der Waals surface area contributed by atoms with E-state index in [1.54, 1.807) is 0 Å². The van der Waals surface area contributed by atoms with Crippen molar-refractivity contribution in [2.24, 2.45) is 0 Å². The molecule has 3 rings (SSSR count). The van der Waals surface area contributed by atoms with Gasteiger partial charge in [-0.2, -0.15) is 0 Å². The maximum Gasteiger partial charge on any atom is 0.143 e. The molecule has 4 nitrogen and oxygen atoms in total. The Labute approximate surface area is 152 Å². The van der Waals surface area contributed by atoms with Gasteiger partial charge in [0.1, 0.15) is 11.0 Å². The molecule has 0 radical (unpaired) electrons. The van der Waals surface area contributed by atoms with Crippen molar-refractivity contribution in [2.75, 3.05) is 44.7 Å². The summed E-state index contributed by atoms with van der Waals surface area (Å²) in [5, 5.41) is 3.51. The van der Waals surface area contributed by atoms with Crippen LogP contribution < -0.4 is 5.32 Å². The fraction of sp³-hybridized carbons (Fsp3) is 0.316. The molecule has 1 N–H and O–H groups in total. The molecular formula is C19H19ClFN3O. The van der Waals surface area contributed by atoms with Gasteiger partial charge in [0.15, 0.2) is 0 Å². The Hall–Kier alpha value is -2.13. The van der Waals surface area contributed by atoms with E-state index in [0.29, 0.717) is 0 Å². The van der Waals surface area contributed by atoms with E-state index in [9.17, 15) is 4.39 Å². The number of nitrogens with zero attached hydrogens (tertiary/aromatic N) is 2. The lowest BCUT2D eigenvalue weighted by atomic mass is 10.2. The van der Waals surface area contributed by atoms with Crippen LogP contribution in [0.15, 0.2) is 36.5 Å². The number of nitrogens with one attached hydrogen (secondary N) is 1. The average molecular weight is 360 g/mol. The monoisotopic (exact) mass is 359 g/mol. The number of hydrogen-bond donors (Lipinski definition) is 1. The van der Waals surface area contributed by atoms with Gasteiger partial charge < -0.3 is 10.1 Å². The first-order valence-electron chi connectivity index (χ1n) is 8.18. The minimum absolute atomic E-state index is 0.121. The molecule has 0 aliphatic carbocycles. The van der Waals surface area contributed by atoms with Crippen LogP contribution >= 0.6 is 11.6 Å². The van der Waals surface area contributed by atoms with Crippen LogP contribution in [0.25, 0.3) is 0 Å². The van der Waals surface area contributed by atoms with E-state index >= 15 is 0 Å². The lowest BCUT2D eigenvalue weighted by Gasteiger charge is -2.26. The Kier molecular flexibility index (Phi) is 6.24. The fourth-order valence-corrected chi connectivity index (χ4v) is 2.64. The second kappa shape index (κ2) is 8.82. The number of morpholine rings is 1. The molecule has 0 saturated carbocycles. The molecule has 130 valence electrons. The molecule has 2 heterocycles. The van der Waals surface area contributed by atoms with Crippen molar-refractivity contribution in [3.05, 3.63) is 58.6 Å². The predicted octanol–water partition coefficient (Wildman–Crippen LogP) is 3.02. The number of pyridine rings is 1. The summed E-state index contributed by atoms with van der Waals surface area (Å²) in [6.45, 7) is 5.49. The van der Waals surface area contributed by atoms with Crippen LogP contribution in [0.1, 0.15) is 11.1 Å². The van der Waals surface area contributed by atoms with Crippen molar-refractivity contribution in [3.8, 4) is 11.8 Å². The van der Waals surface area contributed by atoms with Crippen molar-refractivity contribution >= 4 is 17.3 Å². The van der Waals surface area contributed by atoms with Gasteiger partial charge in [-0.3, -0.25) is 4.90 Å². The van der Waals surface area contributed by atoms with E-state index in [0.717, 1.165) is 56.7 Å². The van der Waals surface area contributed by atoms with Crippen LogP contribution in [-0.4, -0.2) is 49.3 Å². The zero-order chi connectivity index (χ0) is 17.5. The summed E-state index contributed by atoms with van der Waals surface area (Å²) in [7, 11) is 0. The fourth-order valence-electron chi connectivity index (χ4n) is 2.49. The summed E-state index contributed by atoms with van der Waals surface area (Å²) in [6.07, 6.45) is 1.34. The zero-order valence-electron chi connectivity index (χ0n) is 13.8. The van der Waals surface area contributed by atoms with Crippen LogP contribution in [0.2, 0.25) is 5.15 Å². The Morgan fingerprint density at radius 3 is 2.68 bits per heavy atom. The second-order valence-corrected chi connectivity index (χ2v) is 6.08. The third-order valence-corrected chi connectivity index (χ3v) is 4.11. The van der Waals surface area contributed by atoms with Crippen LogP contribution in [0, 0.1) is 17.7 Å². The molecule has 0 unspecified atom stereocenters. The summed E-state index contributed by atoms with van der Waals surface area (Å²) in [5.74, 6) is 5.25. The highest BCUT2D eigenvalue weighted by Gasteiger charge is 2.08. The lowest BCUT2D eigenvalue weighted by Crippen LogP contribution is -2.38. The molecule has 0 amide bonds. The number of halogens is 2. The topological polar surface area (TPSA) is 37.4 Å². The van der Waals surface area contributed by atoms with Gasteiger partial charge in [0.25, 0.3) is 0 Å². The zero-order valence-corrected chi connectivity index (χ0v) is 14.5. The molecule has 6 heteroatoms. The Bertz CT molecular complexity index is 764. The number of aromatic nitrogens is 1. The minimum atomic E-state index is -0.464. The quantitative estimate of drug-likeness (QED) is 0.672. The van der Waals surface area contributed by atoms with E-state index in [1.165, 1.54) is 6.20 Å². The van der Waals surface area contributed by atoms with Crippen molar-refractivity contribution in [1.82, 2.24) is 9.88 Å². The van der Waals surface area contributed by atoms with Gasteiger partial charge in [-0.1, -0.05) is 23.4 Å². The molecule has 25 heavy (non-hydrogen) atoms. The first kappa shape index (κ1) is 17.7. The highest BCUT2D eigenvalue weighted by molar-refractivity contribution is 6.29. The normalized spacial score (nSPS) is 14.6. The summed E-state index contributed by atoms with van der Waals surface area (Å²) in [4.78, 5) is 6.22. The van der Waals surface area contributed by atoms with Crippen LogP contribution in [0.5, 0.6) is 0 Å². The molecule has 1 aromatic carbocycles. The highest BCUT2D eigenvalue weighted by Crippen LogP contribution is 2.12. The van der Waals surface area contributed by atoms with Crippen molar-refractivity contribution in [2.45, 2.75) is 0 Å². The van der Waals surface area contributed by atoms with E-state index in [1.807, 2.05) is 24.3 Å². The van der Waals surface area contributed by atoms with Gasteiger partial charge in [0.2, 0.25) is 0 Å². The standard InChI is InChI=1S/C19H19ClFN3O/c20-19-13-18(21)16(14-23-19)4-1-15-2-5-17(6-3-15)22-7-8-24-9-11-25-12-10-24/h2-3,5-6,13-14,22H,7-12H2. The Morgan fingerprint density at radius 2 is 1.96 bits per heavy atom. The van der Waals surface area contributed by atoms with Gasteiger partial charge in [0, 0.05) is 49.7 Å². The molecular weight excluding hydrogens is 341 g/mol. The summed E-state index contributed by atoms with van der Waals surface area (Å²) >= 11 is 5.63. The van der Waals surface area contributed by atoms with Crippen LogP contribution in [0.4, 0.5) is 10.1 Å². The van der Waals surface area contributed by atoms with E-state index in [-0.39, 0.29) is 10.7 Å². The van der Waals surface area contributed by atoms with Crippen LogP contribution in [0.3, 0.4) is 0 Å². The minimum Gasteiger partial charge on any atom is -0.384 e. The smallest absolute Gasteiger partial charge is 0.143 e. The lowest BCUT2D eigenvalue weighted by molar-refractivity contribution is 0.0398. The first-order valence-corrected chi connectivity index (χ1v) is 8.55. The predicted molar refractivity (Wildman–Crippen MR) is 97.4 cm³/mol. The maximum absolute atomic E-state index is 13.7. The molecule has 1 aliphatic heterocycles. The average Bonchev–Trinajstić information content (AvgIpc) is 2.63. The Morgan fingerprint density at radius 1 is 1.20 bits per heavy atom. The molecule has 1 fully saturated rings. The van der Waals surface area contributed by atoms with Gasteiger partial charge in [0.05, 0.1) is 18.8 Å². The third kappa shape index (κ3) is 5.43. The maximum atomic E-state index is 13.7. The summed E-state index contributed by atoms with van der Waals surface area (Å²) in [5.41, 5.74) is 2.09. The largest absolute Gasteiger partial charge is 0.384 e. The highest BCUT2D eigenvalue weighted by atomic mass is 35.5. The molecule has 0 bridgehead atoms.